The second-order valence-electron chi connectivity index (χ2n) is 2.94. The fourth-order valence-corrected chi connectivity index (χ4v) is 5.17. The Morgan fingerprint density at radius 2 is 2.12 bits per heavy atom. The van der Waals surface area contributed by atoms with Gasteiger partial charge in [-0.3, -0.25) is 4.72 Å². The first-order valence-corrected chi connectivity index (χ1v) is 8.26. The fourth-order valence-electron chi connectivity index (χ4n) is 1.09. The lowest BCUT2D eigenvalue weighted by Crippen LogP contribution is -2.11. The minimum Gasteiger partial charge on any atom is -0.269 e. The van der Waals surface area contributed by atoms with Gasteiger partial charge in [-0.25, -0.2) is 8.42 Å². The summed E-state index contributed by atoms with van der Waals surface area (Å²) < 4.78 is 27.3. The van der Waals surface area contributed by atoms with Crippen molar-refractivity contribution < 1.29 is 8.42 Å². The Morgan fingerprint density at radius 1 is 1.35 bits per heavy atom. The highest BCUT2D eigenvalue weighted by Gasteiger charge is 2.18. The van der Waals surface area contributed by atoms with E-state index in [0.29, 0.717) is 10.6 Å². The number of hydrogen-bond donors (Lipinski definition) is 1. The smallest absolute Gasteiger partial charge is 0.269 e. The van der Waals surface area contributed by atoms with Crippen molar-refractivity contribution in [1.29, 1.82) is 5.26 Å². The predicted molar refractivity (Wildman–Crippen MR) is 71.9 cm³/mol. The zero-order chi connectivity index (χ0) is 12.5. The average molecular weight is 349 g/mol. The lowest BCUT2D eigenvalue weighted by atomic mass is 10.4. The van der Waals surface area contributed by atoms with Crippen molar-refractivity contribution in [2.45, 2.75) is 4.21 Å². The first-order valence-electron chi connectivity index (χ1n) is 4.28. The topological polar surface area (TPSA) is 70.0 Å². The minimum atomic E-state index is -3.60. The predicted octanol–water partition coefficient (Wildman–Crippen LogP) is 3.24. The van der Waals surface area contributed by atoms with Crippen LogP contribution >= 0.6 is 38.6 Å². The summed E-state index contributed by atoms with van der Waals surface area (Å²) in [4.78, 5) is 0. The Morgan fingerprint density at radius 3 is 2.71 bits per heavy atom. The van der Waals surface area contributed by atoms with Crippen molar-refractivity contribution in [3.05, 3.63) is 32.9 Å². The van der Waals surface area contributed by atoms with E-state index in [4.69, 9.17) is 5.26 Å². The van der Waals surface area contributed by atoms with E-state index in [9.17, 15) is 8.42 Å². The normalized spacial score (nSPS) is 11.1. The molecule has 4 nitrogen and oxygen atoms in total. The molecule has 0 aliphatic rings. The molecule has 0 saturated carbocycles. The van der Waals surface area contributed by atoms with Gasteiger partial charge >= 0.3 is 0 Å². The second-order valence-corrected chi connectivity index (χ2v) is 8.23. The van der Waals surface area contributed by atoms with Crippen LogP contribution in [-0.2, 0) is 10.0 Å². The molecule has 2 rings (SSSR count). The third kappa shape index (κ3) is 2.69. The molecule has 1 N–H and O–H groups in total. The molecule has 0 unspecified atom stereocenters. The maximum atomic E-state index is 12.0. The zero-order valence-corrected chi connectivity index (χ0v) is 12.2. The third-order valence-electron chi connectivity index (χ3n) is 1.83. The van der Waals surface area contributed by atoms with Crippen LogP contribution in [0.25, 0.3) is 0 Å². The third-order valence-corrected chi connectivity index (χ3v) is 6.25. The maximum absolute atomic E-state index is 12.0. The van der Waals surface area contributed by atoms with E-state index < -0.39 is 10.0 Å². The number of nitrogens with one attached hydrogen (secondary N) is 1. The van der Waals surface area contributed by atoms with Gasteiger partial charge in [-0.15, -0.1) is 22.7 Å². The van der Waals surface area contributed by atoms with Crippen molar-refractivity contribution in [2.75, 3.05) is 4.72 Å². The van der Waals surface area contributed by atoms with Gasteiger partial charge in [0.2, 0.25) is 0 Å². The first-order chi connectivity index (χ1) is 8.03. The van der Waals surface area contributed by atoms with Crippen LogP contribution in [0, 0.1) is 11.3 Å². The summed E-state index contributed by atoms with van der Waals surface area (Å²) >= 11 is 5.51. The van der Waals surface area contributed by atoms with E-state index in [1.54, 1.807) is 17.5 Å². The number of anilines is 1. The lowest BCUT2D eigenvalue weighted by molar-refractivity contribution is 0.603. The van der Waals surface area contributed by atoms with Crippen LogP contribution < -0.4 is 4.72 Å². The molecule has 0 radical (unpaired) electrons. The standard InChI is InChI=1S/C9H5BrN2O2S3/c10-7-1-2-8(16-7)17(13,14)12-9-6(5-11)3-4-15-9/h1-4,12H. The highest BCUT2D eigenvalue weighted by atomic mass is 79.9. The summed E-state index contributed by atoms with van der Waals surface area (Å²) in [5.74, 6) is 0. The Balaban J connectivity index is 2.34. The molecule has 0 aliphatic heterocycles. The van der Waals surface area contributed by atoms with E-state index in [-0.39, 0.29) is 4.21 Å². The summed E-state index contributed by atoms with van der Waals surface area (Å²) in [6.45, 7) is 0. The van der Waals surface area contributed by atoms with E-state index in [1.807, 2.05) is 6.07 Å². The van der Waals surface area contributed by atoms with Gasteiger partial charge in [-0.1, -0.05) is 0 Å². The zero-order valence-electron chi connectivity index (χ0n) is 8.18. The summed E-state index contributed by atoms with van der Waals surface area (Å²) in [6, 6.07) is 6.68. The molecule has 8 heteroatoms. The molecule has 0 aliphatic carbocycles. The molecular formula is C9H5BrN2O2S3. The van der Waals surface area contributed by atoms with Crippen molar-refractivity contribution in [3.63, 3.8) is 0 Å². The Bertz CT molecular complexity index is 681. The molecule has 2 aromatic heterocycles. The van der Waals surface area contributed by atoms with Crippen LogP contribution in [0.3, 0.4) is 0 Å². The number of sulfonamides is 1. The monoisotopic (exact) mass is 348 g/mol. The Labute approximate surface area is 115 Å². The summed E-state index contributed by atoms with van der Waals surface area (Å²) in [7, 11) is -3.60. The van der Waals surface area contributed by atoms with Gasteiger partial charge in [0.15, 0.2) is 0 Å². The molecule has 0 aromatic carbocycles. The molecule has 0 atom stereocenters. The summed E-state index contributed by atoms with van der Waals surface area (Å²) in [5, 5.41) is 10.8. The summed E-state index contributed by atoms with van der Waals surface area (Å²) in [6.07, 6.45) is 0. The van der Waals surface area contributed by atoms with Crippen molar-refractivity contribution in [2.24, 2.45) is 0 Å². The van der Waals surface area contributed by atoms with Crippen molar-refractivity contribution >= 4 is 53.6 Å². The number of hydrogen-bond acceptors (Lipinski definition) is 5. The van der Waals surface area contributed by atoms with Gasteiger partial charge in [-0.2, -0.15) is 5.26 Å². The molecule has 2 aromatic rings. The van der Waals surface area contributed by atoms with E-state index >= 15 is 0 Å². The van der Waals surface area contributed by atoms with Gasteiger partial charge in [-0.05, 0) is 39.5 Å². The second kappa shape index (κ2) is 4.78. The van der Waals surface area contributed by atoms with Gasteiger partial charge < -0.3 is 0 Å². The van der Waals surface area contributed by atoms with Crippen LogP contribution in [-0.4, -0.2) is 8.42 Å². The molecule has 0 fully saturated rings. The molecule has 88 valence electrons. The van der Waals surface area contributed by atoms with Crippen LogP contribution in [0.15, 0.2) is 31.6 Å². The quantitative estimate of drug-likeness (QED) is 0.925. The molecule has 2 heterocycles. The number of thiophene rings is 2. The SMILES string of the molecule is N#Cc1ccsc1NS(=O)(=O)c1ccc(Br)s1. The largest absolute Gasteiger partial charge is 0.272 e. The number of rotatable bonds is 3. The highest BCUT2D eigenvalue weighted by Crippen LogP contribution is 2.30. The van der Waals surface area contributed by atoms with E-state index in [0.717, 1.165) is 15.1 Å². The van der Waals surface area contributed by atoms with Crippen LogP contribution in [0.5, 0.6) is 0 Å². The Kier molecular flexibility index (Phi) is 3.53. The molecular weight excluding hydrogens is 344 g/mol. The molecule has 17 heavy (non-hydrogen) atoms. The van der Waals surface area contributed by atoms with Gasteiger partial charge in [0, 0.05) is 0 Å². The highest BCUT2D eigenvalue weighted by molar-refractivity contribution is 9.11. The summed E-state index contributed by atoms with van der Waals surface area (Å²) in [5.41, 5.74) is 0.328. The van der Waals surface area contributed by atoms with Crippen LogP contribution in [0.4, 0.5) is 5.00 Å². The number of nitrogens with zero attached hydrogens (tertiary/aromatic N) is 1. The first kappa shape index (κ1) is 12.6. The van der Waals surface area contributed by atoms with Crippen molar-refractivity contribution in [1.82, 2.24) is 0 Å². The average Bonchev–Trinajstić information content (AvgIpc) is 2.86. The fraction of sp³-hybridized carbons (Fsp3) is 0. The van der Waals surface area contributed by atoms with E-state index in [2.05, 4.69) is 20.7 Å². The van der Waals surface area contributed by atoms with Crippen LogP contribution in [0.1, 0.15) is 5.56 Å². The molecule has 0 bridgehead atoms. The molecule has 0 saturated heterocycles. The van der Waals surface area contributed by atoms with Gasteiger partial charge in [0.05, 0.1) is 9.35 Å². The molecule has 0 amide bonds. The lowest BCUT2D eigenvalue weighted by Gasteiger charge is -2.03. The van der Waals surface area contributed by atoms with Gasteiger partial charge in [0.1, 0.15) is 15.3 Å². The molecule has 0 spiro atoms. The minimum absolute atomic E-state index is 0.210. The number of halogens is 1. The maximum Gasteiger partial charge on any atom is 0.272 e. The van der Waals surface area contributed by atoms with Crippen molar-refractivity contribution in [3.8, 4) is 6.07 Å². The van der Waals surface area contributed by atoms with E-state index in [1.165, 1.54) is 17.4 Å². The number of nitriles is 1. The Hall–Kier alpha value is -0.880. The van der Waals surface area contributed by atoms with Crippen LogP contribution in [0.2, 0.25) is 0 Å². The van der Waals surface area contributed by atoms with Gasteiger partial charge in [0.25, 0.3) is 10.0 Å².